The summed E-state index contributed by atoms with van der Waals surface area (Å²) < 4.78 is 1.62. The Morgan fingerprint density at radius 2 is 1.96 bits per heavy atom. The first kappa shape index (κ1) is 15.3. The van der Waals surface area contributed by atoms with Gasteiger partial charge in [0, 0.05) is 39.0 Å². The van der Waals surface area contributed by atoms with Crippen molar-refractivity contribution in [2.45, 2.75) is 19.5 Å². The SMILES string of the molecule is CC(=O)N1CCN(C(=O)Cn2cccn2)C[C@H]1c1ccccc1. The highest BCUT2D eigenvalue weighted by molar-refractivity contribution is 5.77. The van der Waals surface area contributed by atoms with Crippen molar-refractivity contribution in [3.63, 3.8) is 0 Å². The normalized spacial score (nSPS) is 18.0. The Labute approximate surface area is 135 Å². The predicted octanol–water partition coefficient (Wildman–Crippen LogP) is 1.32. The molecular weight excluding hydrogens is 292 g/mol. The van der Waals surface area contributed by atoms with Crippen molar-refractivity contribution in [2.24, 2.45) is 0 Å². The van der Waals surface area contributed by atoms with Crippen molar-refractivity contribution in [3.05, 3.63) is 54.4 Å². The van der Waals surface area contributed by atoms with Gasteiger partial charge in [0.15, 0.2) is 0 Å². The summed E-state index contributed by atoms with van der Waals surface area (Å²) in [5.41, 5.74) is 1.05. The average Bonchev–Trinajstić information content (AvgIpc) is 3.08. The lowest BCUT2D eigenvalue weighted by Gasteiger charge is -2.41. The van der Waals surface area contributed by atoms with Gasteiger partial charge >= 0.3 is 0 Å². The van der Waals surface area contributed by atoms with E-state index >= 15 is 0 Å². The standard InChI is InChI=1S/C17H20N4O2/c1-14(22)21-11-10-19(17(23)13-20-9-5-8-18-20)12-16(21)15-6-3-2-4-7-15/h2-9,16H,10-13H2,1H3/t16-/m0/s1. The Morgan fingerprint density at radius 3 is 2.61 bits per heavy atom. The third-order valence-electron chi connectivity index (χ3n) is 4.18. The quantitative estimate of drug-likeness (QED) is 0.859. The van der Waals surface area contributed by atoms with E-state index in [2.05, 4.69) is 5.10 Å². The van der Waals surface area contributed by atoms with Gasteiger partial charge in [0.25, 0.3) is 0 Å². The molecule has 0 spiro atoms. The van der Waals surface area contributed by atoms with E-state index in [0.717, 1.165) is 5.56 Å². The zero-order valence-electron chi connectivity index (χ0n) is 13.1. The molecule has 0 saturated carbocycles. The Morgan fingerprint density at radius 1 is 1.17 bits per heavy atom. The van der Waals surface area contributed by atoms with Crippen LogP contribution in [0.15, 0.2) is 48.8 Å². The summed E-state index contributed by atoms with van der Waals surface area (Å²) in [4.78, 5) is 28.1. The first-order valence-electron chi connectivity index (χ1n) is 7.72. The van der Waals surface area contributed by atoms with E-state index in [0.29, 0.717) is 19.6 Å². The fraction of sp³-hybridized carbons (Fsp3) is 0.353. The summed E-state index contributed by atoms with van der Waals surface area (Å²) in [6.07, 6.45) is 3.44. The molecule has 2 amide bonds. The van der Waals surface area contributed by atoms with Gasteiger partial charge in [-0.1, -0.05) is 30.3 Å². The molecule has 1 aliphatic heterocycles. The van der Waals surface area contributed by atoms with Crippen molar-refractivity contribution in [2.75, 3.05) is 19.6 Å². The van der Waals surface area contributed by atoms with E-state index in [1.165, 1.54) is 0 Å². The number of hydrogen-bond acceptors (Lipinski definition) is 3. The molecule has 23 heavy (non-hydrogen) atoms. The highest BCUT2D eigenvalue weighted by Crippen LogP contribution is 2.25. The van der Waals surface area contributed by atoms with Gasteiger partial charge in [-0.05, 0) is 11.6 Å². The van der Waals surface area contributed by atoms with Crippen LogP contribution in [0.25, 0.3) is 0 Å². The zero-order chi connectivity index (χ0) is 16.2. The molecule has 6 nitrogen and oxygen atoms in total. The third-order valence-corrected chi connectivity index (χ3v) is 4.18. The molecule has 0 radical (unpaired) electrons. The highest BCUT2D eigenvalue weighted by atomic mass is 16.2. The van der Waals surface area contributed by atoms with Crippen LogP contribution >= 0.6 is 0 Å². The summed E-state index contributed by atoms with van der Waals surface area (Å²) in [6.45, 7) is 3.44. The van der Waals surface area contributed by atoms with Crippen LogP contribution in [0.3, 0.4) is 0 Å². The van der Waals surface area contributed by atoms with Crippen molar-refractivity contribution in [1.29, 1.82) is 0 Å². The van der Waals surface area contributed by atoms with Gasteiger partial charge in [0.1, 0.15) is 6.54 Å². The summed E-state index contributed by atoms with van der Waals surface area (Å²) in [5, 5.41) is 4.08. The summed E-state index contributed by atoms with van der Waals surface area (Å²) in [5.74, 6) is 0.0656. The number of hydrogen-bond donors (Lipinski definition) is 0. The van der Waals surface area contributed by atoms with Crippen molar-refractivity contribution < 1.29 is 9.59 Å². The van der Waals surface area contributed by atoms with Gasteiger partial charge < -0.3 is 9.80 Å². The number of rotatable bonds is 3. The molecule has 3 rings (SSSR count). The molecule has 1 aromatic carbocycles. The van der Waals surface area contributed by atoms with E-state index in [9.17, 15) is 9.59 Å². The maximum atomic E-state index is 12.5. The molecule has 0 aliphatic carbocycles. The maximum absolute atomic E-state index is 12.5. The first-order valence-corrected chi connectivity index (χ1v) is 7.72. The van der Waals surface area contributed by atoms with E-state index in [4.69, 9.17) is 0 Å². The topological polar surface area (TPSA) is 58.4 Å². The van der Waals surface area contributed by atoms with E-state index < -0.39 is 0 Å². The first-order chi connectivity index (χ1) is 11.1. The highest BCUT2D eigenvalue weighted by Gasteiger charge is 2.31. The van der Waals surface area contributed by atoms with Crippen LogP contribution < -0.4 is 0 Å². The van der Waals surface area contributed by atoms with Gasteiger partial charge in [-0.2, -0.15) is 5.10 Å². The minimum absolute atomic E-state index is 0.0258. The van der Waals surface area contributed by atoms with Crippen LogP contribution in [0.5, 0.6) is 0 Å². The van der Waals surface area contributed by atoms with Crippen molar-refractivity contribution in [1.82, 2.24) is 19.6 Å². The van der Waals surface area contributed by atoms with E-state index in [-0.39, 0.29) is 24.4 Å². The fourth-order valence-corrected chi connectivity index (χ4v) is 2.98. The monoisotopic (exact) mass is 312 g/mol. The Bertz CT molecular complexity index is 669. The molecular formula is C17H20N4O2. The molecule has 1 atom stereocenters. The fourth-order valence-electron chi connectivity index (χ4n) is 2.98. The molecule has 0 unspecified atom stereocenters. The average molecular weight is 312 g/mol. The van der Waals surface area contributed by atoms with Gasteiger partial charge in [-0.3, -0.25) is 14.3 Å². The second-order valence-electron chi connectivity index (χ2n) is 5.68. The number of amides is 2. The molecule has 2 aromatic rings. The number of benzene rings is 1. The molecule has 1 aliphatic rings. The molecule has 6 heteroatoms. The molecule has 120 valence electrons. The summed E-state index contributed by atoms with van der Waals surface area (Å²) in [7, 11) is 0. The number of piperazine rings is 1. The van der Waals surface area contributed by atoms with Crippen molar-refractivity contribution in [3.8, 4) is 0 Å². The summed E-state index contributed by atoms with van der Waals surface area (Å²) >= 11 is 0. The zero-order valence-corrected chi connectivity index (χ0v) is 13.1. The molecule has 2 heterocycles. The molecule has 1 fully saturated rings. The van der Waals surface area contributed by atoms with Crippen LogP contribution in [-0.4, -0.2) is 51.0 Å². The van der Waals surface area contributed by atoms with Crippen LogP contribution in [0.1, 0.15) is 18.5 Å². The van der Waals surface area contributed by atoms with Crippen LogP contribution in [-0.2, 0) is 16.1 Å². The van der Waals surface area contributed by atoms with Gasteiger partial charge in [0.05, 0.1) is 6.04 Å². The Balaban J connectivity index is 1.75. The molecule has 0 N–H and O–H groups in total. The van der Waals surface area contributed by atoms with Gasteiger partial charge in [-0.25, -0.2) is 0 Å². The van der Waals surface area contributed by atoms with Crippen LogP contribution in [0, 0.1) is 0 Å². The predicted molar refractivity (Wildman–Crippen MR) is 85.4 cm³/mol. The largest absolute Gasteiger partial charge is 0.337 e. The number of nitrogens with zero attached hydrogens (tertiary/aromatic N) is 4. The minimum Gasteiger partial charge on any atom is -0.337 e. The van der Waals surface area contributed by atoms with Crippen molar-refractivity contribution >= 4 is 11.8 Å². The van der Waals surface area contributed by atoms with Gasteiger partial charge in [-0.15, -0.1) is 0 Å². The van der Waals surface area contributed by atoms with E-state index in [1.807, 2.05) is 40.1 Å². The number of carbonyl (C=O) groups excluding carboxylic acids is 2. The minimum atomic E-state index is -0.0935. The lowest BCUT2D eigenvalue weighted by Crippen LogP contribution is -2.52. The van der Waals surface area contributed by atoms with Gasteiger partial charge in [0.2, 0.25) is 11.8 Å². The smallest absolute Gasteiger partial charge is 0.244 e. The van der Waals surface area contributed by atoms with Crippen LogP contribution in [0.4, 0.5) is 0 Å². The molecule has 1 aromatic heterocycles. The second kappa shape index (κ2) is 6.64. The number of carbonyl (C=O) groups is 2. The lowest BCUT2D eigenvalue weighted by atomic mass is 10.0. The third kappa shape index (κ3) is 3.41. The van der Waals surface area contributed by atoms with E-state index in [1.54, 1.807) is 30.1 Å². The Kier molecular flexibility index (Phi) is 4.41. The lowest BCUT2D eigenvalue weighted by molar-refractivity contribution is -0.142. The molecule has 0 bridgehead atoms. The van der Waals surface area contributed by atoms with Crippen LogP contribution in [0.2, 0.25) is 0 Å². The molecule has 1 saturated heterocycles. The Hall–Kier alpha value is -2.63. The maximum Gasteiger partial charge on any atom is 0.244 e. The second-order valence-corrected chi connectivity index (χ2v) is 5.68. The summed E-state index contributed by atoms with van der Waals surface area (Å²) in [6, 6.07) is 11.6. The number of aromatic nitrogens is 2.